The molecule has 0 aromatic rings. The smallest absolute Gasteiger partial charge is 0.00926 e. The highest BCUT2D eigenvalue weighted by molar-refractivity contribution is 4.86. The molecule has 0 aromatic heterocycles. The lowest BCUT2D eigenvalue weighted by Crippen LogP contribution is -2.47. The van der Waals surface area contributed by atoms with Crippen molar-refractivity contribution in [3.63, 3.8) is 0 Å². The summed E-state index contributed by atoms with van der Waals surface area (Å²) < 4.78 is 0. The zero-order chi connectivity index (χ0) is 15.9. The van der Waals surface area contributed by atoms with Crippen LogP contribution in [0.5, 0.6) is 0 Å². The monoisotopic (exact) mass is 296 g/mol. The van der Waals surface area contributed by atoms with Gasteiger partial charge >= 0.3 is 0 Å². The van der Waals surface area contributed by atoms with Crippen molar-refractivity contribution >= 4 is 0 Å². The van der Waals surface area contributed by atoms with Crippen LogP contribution in [0.25, 0.3) is 0 Å². The van der Waals surface area contributed by atoms with Gasteiger partial charge in [0.05, 0.1) is 0 Å². The van der Waals surface area contributed by atoms with Crippen molar-refractivity contribution in [1.29, 1.82) is 0 Å². The van der Waals surface area contributed by atoms with Crippen LogP contribution in [0.2, 0.25) is 0 Å². The maximum atomic E-state index is 3.69. The first-order valence-corrected chi connectivity index (χ1v) is 9.40. The third-order valence-corrected chi connectivity index (χ3v) is 5.99. The van der Waals surface area contributed by atoms with E-state index in [0.29, 0.717) is 11.5 Å². The highest BCUT2D eigenvalue weighted by atomic mass is 15.1. The van der Waals surface area contributed by atoms with E-state index >= 15 is 0 Å². The van der Waals surface area contributed by atoms with Crippen molar-refractivity contribution in [2.75, 3.05) is 20.1 Å². The molecule has 21 heavy (non-hydrogen) atoms. The molecule has 1 aliphatic rings. The molecule has 1 saturated carbocycles. The van der Waals surface area contributed by atoms with Crippen molar-refractivity contribution < 1.29 is 0 Å². The van der Waals surface area contributed by atoms with Gasteiger partial charge in [-0.15, -0.1) is 0 Å². The average Bonchev–Trinajstić information content (AvgIpc) is 2.51. The Morgan fingerprint density at radius 3 is 2.05 bits per heavy atom. The van der Waals surface area contributed by atoms with Gasteiger partial charge < -0.3 is 10.2 Å². The second kappa shape index (κ2) is 9.15. The molecular formula is C19H40N2. The number of hydrogen-bond acceptors (Lipinski definition) is 2. The van der Waals surface area contributed by atoms with E-state index in [-0.39, 0.29) is 0 Å². The van der Waals surface area contributed by atoms with E-state index in [0.717, 1.165) is 18.5 Å². The third kappa shape index (κ3) is 5.90. The van der Waals surface area contributed by atoms with Gasteiger partial charge in [0, 0.05) is 25.2 Å². The quantitative estimate of drug-likeness (QED) is 0.664. The fraction of sp³-hybridized carbons (Fsp3) is 1.00. The molecule has 0 bridgehead atoms. The van der Waals surface area contributed by atoms with Crippen LogP contribution in [0.15, 0.2) is 0 Å². The van der Waals surface area contributed by atoms with Crippen LogP contribution in [0.4, 0.5) is 0 Å². The standard InChI is InChI=1S/C19H40N2/c1-7-17-10-12-18(13-11-17)21(6)15-19(8-2,9-3)14-20-16(4)5/h16-18,20H,7-15H2,1-6H3. The molecule has 126 valence electrons. The Labute approximate surface area is 134 Å². The van der Waals surface area contributed by atoms with Crippen LogP contribution < -0.4 is 5.32 Å². The number of rotatable bonds is 9. The molecule has 0 unspecified atom stereocenters. The molecule has 1 fully saturated rings. The third-order valence-electron chi connectivity index (χ3n) is 5.99. The molecule has 2 heteroatoms. The van der Waals surface area contributed by atoms with Crippen molar-refractivity contribution in [1.82, 2.24) is 10.2 Å². The first kappa shape index (κ1) is 19.0. The van der Waals surface area contributed by atoms with Crippen LogP contribution in [0, 0.1) is 11.3 Å². The fourth-order valence-corrected chi connectivity index (χ4v) is 3.85. The topological polar surface area (TPSA) is 15.3 Å². The Bertz CT molecular complexity index is 263. The van der Waals surface area contributed by atoms with Gasteiger partial charge in [-0.3, -0.25) is 0 Å². The molecule has 0 radical (unpaired) electrons. The Morgan fingerprint density at radius 1 is 1.05 bits per heavy atom. The fourth-order valence-electron chi connectivity index (χ4n) is 3.85. The average molecular weight is 297 g/mol. The second-order valence-electron chi connectivity index (χ2n) is 7.74. The van der Waals surface area contributed by atoms with Crippen LogP contribution in [-0.4, -0.2) is 37.1 Å². The van der Waals surface area contributed by atoms with Gasteiger partial charge in [-0.2, -0.15) is 0 Å². The zero-order valence-electron chi connectivity index (χ0n) is 15.5. The summed E-state index contributed by atoms with van der Waals surface area (Å²) in [7, 11) is 2.37. The lowest BCUT2D eigenvalue weighted by Gasteiger charge is -2.41. The molecule has 0 saturated heterocycles. The summed E-state index contributed by atoms with van der Waals surface area (Å²) in [6.45, 7) is 14.0. The molecule has 1 aliphatic carbocycles. The number of nitrogens with zero attached hydrogens (tertiary/aromatic N) is 1. The predicted molar refractivity (Wildman–Crippen MR) is 94.8 cm³/mol. The normalized spacial score (nSPS) is 24.0. The minimum atomic E-state index is 0.445. The van der Waals surface area contributed by atoms with E-state index in [1.54, 1.807) is 0 Å². The summed E-state index contributed by atoms with van der Waals surface area (Å²) in [5.74, 6) is 0.999. The van der Waals surface area contributed by atoms with Gasteiger partial charge in [0.15, 0.2) is 0 Å². The number of hydrogen-bond donors (Lipinski definition) is 1. The van der Waals surface area contributed by atoms with Crippen molar-refractivity contribution in [3.05, 3.63) is 0 Å². The van der Waals surface area contributed by atoms with E-state index < -0.39 is 0 Å². The van der Waals surface area contributed by atoms with E-state index in [1.165, 1.54) is 51.5 Å². The molecule has 0 heterocycles. The van der Waals surface area contributed by atoms with Gasteiger partial charge in [0.1, 0.15) is 0 Å². The van der Waals surface area contributed by atoms with Gasteiger partial charge in [0.25, 0.3) is 0 Å². The van der Waals surface area contributed by atoms with E-state index in [9.17, 15) is 0 Å². The molecule has 0 spiro atoms. The maximum absolute atomic E-state index is 3.69. The Hall–Kier alpha value is -0.0800. The first-order valence-electron chi connectivity index (χ1n) is 9.40. The molecule has 0 amide bonds. The molecule has 0 aliphatic heterocycles. The summed E-state index contributed by atoms with van der Waals surface area (Å²) in [6, 6.07) is 1.41. The van der Waals surface area contributed by atoms with Crippen molar-refractivity contribution in [2.24, 2.45) is 11.3 Å². The second-order valence-corrected chi connectivity index (χ2v) is 7.74. The highest BCUT2D eigenvalue weighted by Crippen LogP contribution is 2.32. The van der Waals surface area contributed by atoms with Crippen LogP contribution >= 0.6 is 0 Å². The van der Waals surface area contributed by atoms with Crippen LogP contribution in [-0.2, 0) is 0 Å². The molecule has 2 nitrogen and oxygen atoms in total. The minimum absolute atomic E-state index is 0.445. The SMILES string of the molecule is CCC1CCC(N(C)CC(CC)(CC)CNC(C)C)CC1. The lowest BCUT2D eigenvalue weighted by atomic mass is 9.79. The summed E-state index contributed by atoms with van der Waals surface area (Å²) in [6.07, 6.45) is 9.65. The van der Waals surface area contributed by atoms with Crippen molar-refractivity contribution in [3.8, 4) is 0 Å². The van der Waals surface area contributed by atoms with Gasteiger partial charge in [-0.25, -0.2) is 0 Å². The zero-order valence-corrected chi connectivity index (χ0v) is 15.5. The molecule has 1 rings (SSSR count). The minimum Gasteiger partial charge on any atom is -0.314 e. The lowest BCUT2D eigenvalue weighted by molar-refractivity contribution is 0.0916. The first-order chi connectivity index (χ1) is 9.96. The van der Waals surface area contributed by atoms with E-state index in [4.69, 9.17) is 0 Å². The summed E-state index contributed by atoms with van der Waals surface area (Å²) in [5, 5.41) is 3.69. The van der Waals surface area contributed by atoms with Crippen LogP contribution in [0.3, 0.4) is 0 Å². The molecule has 1 N–H and O–H groups in total. The Balaban J connectivity index is 2.53. The summed E-state index contributed by atoms with van der Waals surface area (Å²) in [5.41, 5.74) is 0.445. The van der Waals surface area contributed by atoms with Crippen molar-refractivity contribution in [2.45, 2.75) is 91.6 Å². The molecule has 0 atom stereocenters. The molecular weight excluding hydrogens is 256 g/mol. The van der Waals surface area contributed by atoms with E-state index in [2.05, 4.69) is 51.9 Å². The largest absolute Gasteiger partial charge is 0.314 e. The van der Waals surface area contributed by atoms with Gasteiger partial charge in [-0.05, 0) is 56.9 Å². The number of nitrogens with one attached hydrogen (secondary N) is 1. The highest BCUT2D eigenvalue weighted by Gasteiger charge is 2.31. The van der Waals surface area contributed by atoms with Gasteiger partial charge in [-0.1, -0.05) is 41.0 Å². The van der Waals surface area contributed by atoms with Crippen LogP contribution in [0.1, 0.15) is 79.6 Å². The van der Waals surface area contributed by atoms with E-state index in [1.807, 2.05) is 0 Å². The summed E-state index contributed by atoms with van der Waals surface area (Å²) in [4.78, 5) is 2.68. The maximum Gasteiger partial charge on any atom is 0.00926 e. The summed E-state index contributed by atoms with van der Waals surface area (Å²) >= 11 is 0. The van der Waals surface area contributed by atoms with Gasteiger partial charge in [0.2, 0.25) is 0 Å². The Morgan fingerprint density at radius 2 is 1.62 bits per heavy atom. The molecule has 0 aromatic carbocycles. The Kier molecular flexibility index (Phi) is 8.26. The predicted octanol–water partition coefficient (Wildman–Crippen LogP) is 4.69.